The normalized spacial score (nSPS) is 14.1. The Kier molecular flexibility index (Phi) is 7.18. The summed E-state index contributed by atoms with van der Waals surface area (Å²) >= 11 is 0. The first-order valence-electron chi connectivity index (χ1n) is 21.7. The van der Waals surface area contributed by atoms with Crippen LogP contribution in [-0.4, -0.2) is 15.8 Å². The molecule has 0 aliphatic carbocycles. The van der Waals surface area contributed by atoms with Gasteiger partial charge in [0.05, 0.1) is 11.0 Å². The molecule has 2 aliphatic heterocycles. The average molecular weight is 767 g/mol. The van der Waals surface area contributed by atoms with Crippen molar-refractivity contribution < 1.29 is 0 Å². The maximum absolute atomic E-state index is 2.65. The Morgan fingerprint density at radius 3 is 1.27 bits per heavy atom. The summed E-state index contributed by atoms with van der Waals surface area (Å²) < 4.78 is 5.30. The van der Waals surface area contributed by atoms with Crippen LogP contribution in [0.15, 0.2) is 115 Å². The fourth-order valence-electron chi connectivity index (χ4n) is 10.4. The van der Waals surface area contributed by atoms with E-state index in [9.17, 15) is 0 Å². The van der Waals surface area contributed by atoms with Gasteiger partial charge in [-0.2, -0.15) is 0 Å². The van der Waals surface area contributed by atoms with Crippen LogP contribution in [0.3, 0.4) is 0 Å². The van der Waals surface area contributed by atoms with Crippen LogP contribution in [0, 0.1) is 0 Å². The molecule has 292 valence electrons. The third-order valence-corrected chi connectivity index (χ3v) is 13.9. The van der Waals surface area contributed by atoms with E-state index in [0.29, 0.717) is 0 Å². The van der Waals surface area contributed by atoms with E-state index in [2.05, 4.69) is 207 Å². The summed E-state index contributed by atoms with van der Waals surface area (Å²) in [7, 11) is 0. The average Bonchev–Trinajstić information content (AvgIpc) is 3.69. The minimum atomic E-state index is -0.0285. The summed E-state index contributed by atoms with van der Waals surface area (Å²) in [5.41, 5.74) is 20.1. The maximum Gasteiger partial charge on any atom is 0.252 e. The first-order valence-corrected chi connectivity index (χ1v) is 21.7. The van der Waals surface area contributed by atoms with Crippen LogP contribution in [0.2, 0.25) is 0 Å². The fourth-order valence-corrected chi connectivity index (χ4v) is 10.4. The van der Waals surface area contributed by atoms with Crippen LogP contribution in [0.25, 0.3) is 76.9 Å². The van der Waals surface area contributed by atoms with Gasteiger partial charge in [0.15, 0.2) is 0 Å². The van der Waals surface area contributed by atoms with Crippen molar-refractivity contribution in [3.63, 3.8) is 0 Å². The van der Waals surface area contributed by atoms with E-state index in [1.165, 1.54) is 116 Å². The summed E-state index contributed by atoms with van der Waals surface area (Å²) in [6, 6.07) is 45.6. The number of hydrogen-bond acceptors (Lipinski definition) is 0. The highest BCUT2D eigenvalue weighted by Gasteiger charge is 2.43. The number of rotatable bonds is 1. The van der Waals surface area contributed by atoms with Gasteiger partial charge < -0.3 is 9.13 Å². The molecule has 2 aliphatic rings. The summed E-state index contributed by atoms with van der Waals surface area (Å²) in [6.07, 6.45) is 0. The molecule has 3 heteroatoms. The van der Waals surface area contributed by atoms with Crippen molar-refractivity contribution in [2.24, 2.45) is 0 Å². The van der Waals surface area contributed by atoms with Gasteiger partial charge in [0.1, 0.15) is 0 Å². The van der Waals surface area contributed by atoms with Crippen LogP contribution >= 0.6 is 0 Å². The molecule has 7 aromatic carbocycles. The van der Waals surface area contributed by atoms with Gasteiger partial charge >= 0.3 is 0 Å². The van der Waals surface area contributed by atoms with Gasteiger partial charge in [-0.15, -0.1) is 0 Å². The second-order valence-corrected chi connectivity index (χ2v) is 22.0. The largest absolute Gasteiger partial charge is 0.310 e. The van der Waals surface area contributed by atoms with E-state index in [-0.39, 0.29) is 28.4 Å². The molecule has 0 saturated heterocycles. The third kappa shape index (κ3) is 5.19. The van der Waals surface area contributed by atoms with Crippen LogP contribution < -0.4 is 16.4 Å². The minimum Gasteiger partial charge on any atom is -0.310 e. The molecule has 4 heterocycles. The Hall–Kier alpha value is -5.54. The van der Waals surface area contributed by atoms with E-state index in [1.54, 1.807) is 0 Å². The third-order valence-electron chi connectivity index (χ3n) is 13.9. The lowest BCUT2D eigenvalue weighted by Crippen LogP contribution is -2.59. The van der Waals surface area contributed by atoms with E-state index >= 15 is 0 Å². The predicted octanol–water partition coefficient (Wildman–Crippen LogP) is 13.0. The van der Waals surface area contributed by atoms with Gasteiger partial charge in [0.2, 0.25) is 0 Å². The quantitative estimate of drug-likeness (QED) is 0.147. The van der Waals surface area contributed by atoms with E-state index < -0.39 is 0 Å². The van der Waals surface area contributed by atoms with Crippen molar-refractivity contribution in [3.8, 4) is 22.5 Å². The molecule has 0 saturated carbocycles. The standard InChI is InChI=1S/C56H55BN2/c1-53(2,3)36-19-21-46-40(26-36)42-28-38(55(7,8)9)30-44-51(42)58(46)48-24-35(34-18-17-32-15-13-14-16-33(32)23-34)25-49-50(48)57(44)45-31-39(56(10,11)12)29-43-41-27-37(54(4,5)6)20-22-47(41)59(49)52(43)45/h13-31H,1-12H3. The van der Waals surface area contributed by atoms with E-state index in [4.69, 9.17) is 0 Å². The number of aromatic nitrogens is 2. The van der Waals surface area contributed by atoms with Crippen molar-refractivity contribution in [3.05, 3.63) is 138 Å². The lowest BCUT2D eigenvalue weighted by Gasteiger charge is -2.36. The molecule has 9 aromatic rings. The zero-order valence-electron chi connectivity index (χ0n) is 36.9. The number of nitrogens with zero attached hydrogens (tertiary/aromatic N) is 2. The van der Waals surface area contributed by atoms with Crippen LogP contribution in [0.4, 0.5) is 0 Å². The molecule has 0 radical (unpaired) electrons. The number of hydrogen-bond donors (Lipinski definition) is 0. The summed E-state index contributed by atoms with van der Waals surface area (Å²) in [5, 5.41) is 7.94. The van der Waals surface area contributed by atoms with E-state index in [0.717, 1.165) is 0 Å². The Morgan fingerprint density at radius 1 is 0.373 bits per heavy atom. The summed E-state index contributed by atoms with van der Waals surface area (Å²) in [4.78, 5) is 0. The lowest BCUT2D eigenvalue weighted by molar-refractivity contribution is 0.590. The van der Waals surface area contributed by atoms with Crippen molar-refractivity contribution in [2.45, 2.75) is 105 Å². The van der Waals surface area contributed by atoms with Gasteiger partial charge in [0, 0.05) is 44.0 Å². The van der Waals surface area contributed by atoms with Crippen molar-refractivity contribution in [2.75, 3.05) is 0 Å². The SMILES string of the molecule is CC(C)(C)c1ccc2c(c1)c1cc(C(C)(C)C)cc3c1n2-c1cc(-c2ccc4ccccc4c2)cc2c1B3c1cc(C(C)(C)C)cc3c4cc(C(C)(C)C)ccc4n-2c13. The van der Waals surface area contributed by atoms with Crippen LogP contribution in [-0.2, 0) is 21.7 Å². The Labute approximate surface area is 349 Å². The minimum absolute atomic E-state index is 0.0285. The fraction of sp³-hybridized carbons (Fsp3) is 0.286. The summed E-state index contributed by atoms with van der Waals surface area (Å²) in [6.45, 7) is 28.4. The lowest BCUT2D eigenvalue weighted by atomic mass is 9.34. The summed E-state index contributed by atoms with van der Waals surface area (Å²) in [5.74, 6) is 0. The van der Waals surface area contributed by atoms with Gasteiger partial charge in [-0.05, 0) is 137 Å². The molecule has 11 rings (SSSR count). The molecule has 0 fully saturated rings. The van der Waals surface area contributed by atoms with Crippen molar-refractivity contribution in [1.29, 1.82) is 0 Å². The van der Waals surface area contributed by atoms with Gasteiger partial charge in [0.25, 0.3) is 6.71 Å². The smallest absolute Gasteiger partial charge is 0.252 e. The molecule has 59 heavy (non-hydrogen) atoms. The molecule has 0 atom stereocenters. The maximum atomic E-state index is 2.65. The first kappa shape index (κ1) is 36.5. The Bertz CT molecular complexity index is 3120. The molecule has 2 aromatic heterocycles. The van der Waals surface area contributed by atoms with Crippen LogP contribution in [0.5, 0.6) is 0 Å². The molecule has 0 amide bonds. The zero-order chi connectivity index (χ0) is 41.3. The van der Waals surface area contributed by atoms with E-state index in [1.807, 2.05) is 0 Å². The van der Waals surface area contributed by atoms with Crippen molar-refractivity contribution >= 4 is 77.5 Å². The molecule has 0 N–H and O–H groups in total. The zero-order valence-corrected chi connectivity index (χ0v) is 36.9. The molecular formula is C56H55BN2. The number of benzene rings is 7. The number of fused-ring (bicyclic) bond motifs is 11. The predicted molar refractivity (Wildman–Crippen MR) is 258 cm³/mol. The molecule has 0 unspecified atom stereocenters. The molecule has 2 nitrogen and oxygen atoms in total. The second kappa shape index (κ2) is 11.6. The molecule has 0 bridgehead atoms. The highest BCUT2D eigenvalue weighted by molar-refractivity contribution is 7.00. The highest BCUT2D eigenvalue weighted by Crippen LogP contribution is 2.44. The molecular weight excluding hydrogens is 711 g/mol. The van der Waals surface area contributed by atoms with Gasteiger partial charge in [-0.1, -0.05) is 144 Å². The Balaban J connectivity index is 1.37. The monoisotopic (exact) mass is 766 g/mol. The topological polar surface area (TPSA) is 9.86 Å². The first-order chi connectivity index (χ1) is 27.8. The molecule has 0 spiro atoms. The van der Waals surface area contributed by atoms with Crippen molar-refractivity contribution in [1.82, 2.24) is 9.13 Å². The Morgan fingerprint density at radius 2 is 0.814 bits per heavy atom. The van der Waals surface area contributed by atoms with Gasteiger partial charge in [-0.3, -0.25) is 0 Å². The van der Waals surface area contributed by atoms with Crippen LogP contribution in [0.1, 0.15) is 105 Å². The second-order valence-electron chi connectivity index (χ2n) is 22.0. The van der Waals surface area contributed by atoms with Gasteiger partial charge in [-0.25, -0.2) is 0 Å². The highest BCUT2D eigenvalue weighted by atomic mass is 15.0.